The minimum atomic E-state index is -0.992. The Bertz CT molecular complexity index is 395. The molecule has 15 heavy (non-hydrogen) atoms. The molecule has 0 aliphatic rings. The molecule has 1 N–H and O–H groups in total. The van der Waals surface area contributed by atoms with Crippen LogP contribution in [-0.4, -0.2) is 18.2 Å². The second-order valence-corrected chi connectivity index (χ2v) is 3.00. The van der Waals surface area contributed by atoms with Crippen LogP contribution < -0.4 is 0 Å². The lowest BCUT2D eigenvalue weighted by molar-refractivity contribution is -0.142. The highest BCUT2D eigenvalue weighted by molar-refractivity contribution is 5.70. The molecule has 1 atom stereocenters. The second-order valence-electron chi connectivity index (χ2n) is 3.00. The molecule has 1 aromatic rings. The number of benzene rings is 1. The van der Waals surface area contributed by atoms with Gasteiger partial charge in [0.15, 0.2) is 0 Å². The third-order valence-electron chi connectivity index (χ3n) is 2.03. The number of aliphatic hydroxyl groups is 1. The van der Waals surface area contributed by atoms with Crippen LogP contribution >= 0.6 is 0 Å². The van der Waals surface area contributed by atoms with Gasteiger partial charge in [-0.25, -0.2) is 0 Å². The van der Waals surface area contributed by atoms with Crippen LogP contribution in [0, 0.1) is 11.3 Å². The third-order valence-corrected chi connectivity index (χ3v) is 2.03. The molecule has 4 nitrogen and oxygen atoms in total. The first kappa shape index (κ1) is 11.2. The van der Waals surface area contributed by atoms with Crippen LogP contribution in [0.4, 0.5) is 0 Å². The molecule has 0 aliphatic heterocycles. The first-order valence-electron chi connectivity index (χ1n) is 4.43. The normalized spacial score (nSPS) is 11.5. The molecule has 78 valence electrons. The van der Waals surface area contributed by atoms with Gasteiger partial charge in [-0.15, -0.1) is 0 Å². The van der Waals surface area contributed by atoms with E-state index in [9.17, 15) is 9.90 Å². The standard InChI is InChI=1S/C11H11NO3/c1-15-11(14)6-10(13)9-5-3-2-4-8(9)7-12/h2-5,10,13H,6H2,1H3/t10-/m0/s1. The molecule has 0 heterocycles. The number of methoxy groups -OCH3 is 1. The molecule has 0 amide bonds. The second kappa shape index (κ2) is 5.13. The molecule has 0 fully saturated rings. The van der Waals surface area contributed by atoms with Gasteiger partial charge in [-0.1, -0.05) is 18.2 Å². The van der Waals surface area contributed by atoms with Gasteiger partial charge in [-0.05, 0) is 11.6 Å². The van der Waals surface area contributed by atoms with Crippen molar-refractivity contribution in [3.63, 3.8) is 0 Å². The molecule has 0 aromatic heterocycles. The number of hydrogen-bond acceptors (Lipinski definition) is 4. The van der Waals surface area contributed by atoms with Crippen LogP contribution in [0.15, 0.2) is 24.3 Å². The Kier molecular flexibility index (Phi) is 3.83. The quantitative estimate of drug-likeness (QED) is 0.751. The minimum Gasteiger partial charge on any atom is -0.469 e. The number of hydrogen-bond donors (Lipinski definition) is 1. The van der Waals surface area contributed by atoms with E-state index in [0.717, 1.165) is 0 Å². The van der Waals surface area contributed by atoms with E-state index in [0.29, 0.717) is 11.1 Å². The summed E-state index contributed by atoms with van der Waals surface area (Å²) in [6.07, 6.45) is -1.14. The van der Waals surface area contributed by atoms with Gasteiger partial charge in [0.05, 0.1) is 31.3 Å². The highest BCUT2D eigenvalue weighted by atomic mass is 16.5. The largest absolute Gasteiger partial charge is 0.469 e. The monoisotopic (exact) mass is 205 g/mol. The smallest absolute Gasteiger partial charge is 0.308 e. The van der Waals surface area contributed by atoms with Crippen LogP contribution in [0.25, 0.3) is 0 Å². The number of ether oxygens (including phenoxy) is 1. The van der Waals surface area contributed by atoms with Crippen molar-refractivity contribution in [3.8, 4) is 6.07 Å². The van der Waals surface area contributed by atoms with Crippen molar-refractivity contribution in [1.29, 1.82) is 5.26 Å². The SMILES string of the molecule is COC(=O)C[C@H](O)c1ccccc1C#N. The van der Waals surface area contributed by atoms with E-state index < -0.39 is 12.1 Å². The van der Waals surface area contributed by atoms with Gasteiger partial charge < -0.3 is 9.84 Å². The molecule has 0 saturated carbocycles. The average Bonchev–Trinajstić information content (AvgIpc) is 2.28. The van der Waals surface area contributed by atoms with Gasteiger partial charge in [0.1, 0.15) is 0 Å². The summed E-state index contributed by atoms with van der Waals surface area (Å²) in [7, 11) is 1.26. The van der Waals surface area contributed by atoms with Crippen molar-refractivity contribution in [2.24, 2.45) is 0 Å². The Labute approximate surface area is 87.7 Å². The first-order valence-corrected chi connectivity index (χ1v) is 4.43. The van der Waals surface area contributed by atoms with Gasteiger partial charge in [-0.3, -0.25) is 4.79 Å². The molecular formula is C11H11NO3. The van der Waals surface area contributed by atoms with Gasteiger partial charge >= 0.3 is 5.97 Å². The zero-order chi connectivity index (χ0) is 11.3. The average molecular weight is 205 g/mol. The minimum absolute atomic E-state index is 0.144. The van der Waals surface area contributed by atoms with Crippen molar-refractivity contribution in [2.75, 3.05) is 7.11 Å². The van der Waals surface area contributed by atoms with Crippen LogP contribution in [-0.2, 0) is 9.53 Å². The summed E-state index contributed by atoms with van der Waals surface area (Å²) >= 11 is 0. The molecule has 1 aromatic carbocycles. The molecule has 0 unspecified atom stereocenters. The van der Waals surface area contributed by atoms with Gasteiger partial charge in [-0.2, -0.15) is 5.26 Å². The van der Waals surface area contributed by atoms with Crippen molar-refractivity contribution in [2.45, 2.75) is 12.5 Å². The number of aliphatic hydroxyl groups excluding tert-OH is 1. The van der Waals surface area contributed by atoms with Crippen molar-refractivity contribution >= 4 is 5.97 Å². The third kappa shape index (κ3) is 2.79. The molecule has 0 aliphatic carbocycles. The van der Waals surface area contributed by atoms with Crippen molar-refractivity contribution < 1.29 is 14.6 Å². The molecule has 4 heteroatoms. The zero-order valence-electron chi connectivity index (χ0n) is 8.30. The molecular weight excluding hydrogens is 194 g/mol. The van der Waals surface area contributed by atoms with Crippen LogP contribution in [0.1, 0.15) is 23.7 Å². The van der Waals surface area contributed by atoms with E-state index in [1.165, 1.54) is 7.11 Å². The summed E-state index contributed by atoms with van der Waals surface area (Å²) in [6.45, 7) is 0. The number of nitriles is 1. The van der Waals surface area contributed by atoms with Crippen LogP contribution in [0.2, 0.25) is 0 Å². The zero-order valence-corrected chi connectivity index (χ0v) is 8.30. The first-order chi connectivity index (χ1) is 7.19. The van der Waals surface area contributed by atoms with E-state index in [1.807, 2.05) is 6.07 Å². The fourth-order valence-electron chi connectivity index (χ4n) is 1.24. The van der Waals surface area contributed by atoms with E-state index in [4.69, 9.17) is 5.26 Å². The van der Waals surface area contributed by atoms with Crippen molar-refractivity contribution in [3.05, 3.63) is 35.4 Å². The summed E-state index contributed by atoms with van der Waals surface area (Å²) < 4.78 is 4.43. The lowest BCUT2D eigenvalue weighted by atomic mass is 10.0. The van der Waals surface area contributed by atoms with E-state index in [-0.39, 0.29) is 6.42 Å². The lowest BCUT2D eigenvalue weighted by Gasteiger charge is -2.10. The molecule has 0 saturated heterocycles. The van der Waals surface area contributed by atoms with Crippen molar-refractivity contribution in [1.82, 2.24) is 0 Å². The van der Waals surface area contributed by atoms with Gasteiger partial charge in [0, 0.05) is 0 Å². The number of rotatable bonds is 3. The summed E-state index contributed by atoms with van der Waals surface area (Å²) in [5, 5.41) is 18.5. The summed E-state index contributed by atoms with van der Waals surface area (Å²) in [5.41, 5.74) is 0.819. The highest BCUT2D eigenvalue weighted by Crippen LogP contribution is 2.20. The van der Waals surface area contributed by atoms with Crippen LogP contribution in [0.5, 0.6) is 0 Å². The maximum Gasteiger partial charge on any atom is 0.308 e. The summed E-state index contributed by atoms with van der Waals surface area (Å²) in [6, 6.07) is 8.57. The maximum atomic E-state index is 10.9. The Morgan fingerprint density at radius 2 is 2.27 bits per heavy atom. The number of carbonyl (C=O) groups is 1. The maximum absolute atomic E-state index is 10.9. The van der Waals surface area contributed by atoms with Gasteiger partial charge in [0.2, 0.25) is 0 Å². The Morgan fingerprint density at radius 1 is 1.60 bits per heavy atom. The number of carbonyl (C=O) groups excluding carboxylic acids is 1. The Morgan fingerprint density at radius 3 is 2.87 bits per heavy atom. The fourth-order valence-corrected chi connectivity index (χ4v) is 1.24. The van der Waals surface area contributed by atoms with Crippen LogP contribution in [0.3, 0.4) is 0 Å². The van der Waals surface area contributed by atoms with E-state index in [1.54, 1.807) is 24.3 Å². The number of nitrogens with zero attached hydrogens (tertiary/aromatic N) is 1. The summed E-state index contributed by atoms with van der Waals surface area (Å²) in [4.78, 5) is 10.9. The fraction of sp³-hybridized carbons (Fsp3) is 0.273. The van der Waals surface area contributed by atoms with E-state index >= 15 is 0 Å². The lowest BCUT2D eigenvalue weighted by Crippen LogP contribution is -2.09. The molecule has 1 rings (SSSR count). The topological polar surface area (TPSA) is 70.3 Å². The van der Waals surface area contributed by atoms with E-state index in [2.05, 4.69) is 4.74 Å². The number of esters is 1. The molecule has 0 spiro atoms. The predicted molar refractivity (Wildman–Crippen MR) is 52.7 cm³/mol. The highest BCUT2D eigenvalue weighted by Gasteiger charge is 2.15. The Balaban J connectivity index is 2.87. The van der Waals surface area contributed by atoms with Gasteiger partial charge in [0.25, 0.3) is 0 Å². The molecule has 0 radical (unpaired) electrons. The Hall–Kier alpha value is -1.86. The predicted octanol–water partition coefficient (Wildman–Crippen LogP) is 1.15. The summed E-state index contributed by atoms with van der Waals surface area (Å²) in [5.74, 6) is -0.504. The molecule has 0 bridgehead atoms.